The van der Waals surface area contributed by atoms with Gasteiger partial charge in [-0.3, -0.25) is 4.79 Å². The van der Waals surface area contributed by atoms with E-state index >= 15 is 0 Å². The number of fused-ring (bicyclic) bond motifs is 1. The summed E-state index contributed by atoms with van der Waals surface area (Å²) in [6.07, 6.45) is 2.22. The van der Waals surface area contributed by atoms with Crippen LogP contribution >= 0.6 is 11.6 Å². The van der Waals surface area contributed by atoms with E-state index in [-0.39, 0.29) is 15.2 Å². The van der Waals surface area contributed by atoms with Gasteiger partial charge in [-0.05, 0) is 60.0 Å². The van der Waals surface area contributed by atoms with Crippen molar-refractivity contribution in [3.05, 3.63) is 99.3 Å². The lowest BCUT2D eigenvalue weighted by Crippen LogP contribution is -2.19. The first-order valence-corrected chi connectivity index (χ1v) is 12.0. The highest BCUT2D eigenvalue weighted by Crippen LogP contribution is 2.25. The Labute approximate surface area is 191 Å². The minimum Gasteiger partial charge on any atom is -0.497 e. The van der Waals surface area contributed by atoms with Gasteiger partial charge in [-0.15, -0.1) is 0 Å². The fraction of sp³-hybridized carbons (Fsp3) is 0.160. The van der Waals surface area contributed by atoms with Gasteiger partial charge in [0.05, 0.1) is 22.9 Å². The van der Waals surface area contributed by atoms with Crippen LogP contribution in [0.3, 0.4) is 0 Å². The second-order valence-electron chi connectivity index (χ2n) is 7.46. The van der Waals surface area contributed by atoms with Crippen molar-refractivity contribution in [2.75, 3.05) is 7.11 Å². The monoisotopic (exact) mass is 467 g/mol. The Hall–Kier alpha value is -3.09. The molecule has 0 amide bonds. The molecule has 0 bridgehead atoms. The van der Waals surface area contributed by atoms with Gasteiger partial charge in [0.1, 0.15) is 10.6 Å². The molecule has 0 spiro atoms. The molecule has 0 aliphatic heterocycles. The van der Waals surface area contributed by atoms with Crippen LogP contribution in [0.4, 0.5) is 0 Å². The van der Waals surface area contributed by atoms with Crippen LogP contribution in [-0.4, -0.2) is 20.1 Å². The number of aryl methyl sites for hydroxylation is 1. The van der Waals surface area contributed by atoms with Crippen LogP contribution in [-0.2, 0) is 22.8 Å². The third-order valence-electron chi connectivity index (χ3n) is 5.45. The maximum atomic E-state index is 13.4. The summed E-state index contributed by atoms with van der Waals surface area (Å²) < 4.78 is 33.9. The van der Waals surface area contributed by atoms with E-state index in [2.05, 4.69) is 0 Å². The summed E-state index contributed by atoms with van der Waals surface area (Å²) in [6, 6.07) is 19.0. The largest absolute Gasteiger partial charge is 0.497 e. The first-order valence-electron chi connectivity index (χ1n) is 10.1. The summed E-state index contributed by atoms with van der Waals surface area (Å²) in [4.78, 5) is 13.1. The molecule has 0 atom stereocenters. The fourth-order valence-electron chi connectivity index (χ4n) is 3.62. The van der Waals surface area contributed by atoms with Crippen molar-refractivity contribution >= 4 is 32.3 Å². The maximum absolute atomic E-state index is 13.4. The third-order valence-corrected chi connectivity index (χ3v) is 7.47. The first kappa shape index (κ1) is 22.1. The van der Waals surface area contributed by atoms with Gasteiger partial charge in [0.15, 0.2) is 0 Å². The molecule has 7 heteroatoms. The summed E-state index contributed by atoms with van der Waals surface area (Å²) >= 11 is 6.00. The molecule has 5 nitrogen and oxygen atoms in total. The van der Waals surface area contributed by atoms with Gasteiger partial charge in [-0.25, -0.2) is 8.42 Å². The quantitative estimate of drug-likeness (QED) is 0.395. The van der Waals surface area contributed by atoms with Crippen LogP contribution in [0.1, 0.15) is 18.1 Å². The molecule has 0 aliphatic rings. The molecule has 0 saturated carbocycles. The molecule has 164 valence electrons. The van der Waals surface area contributed by atoms with E-state index in [4.69, 9.17) is 16.3 Å². The Balaban J connectivity index is 1.94. The summed E-state index contributed by atoms with van der Waals surface area (Å²) in [7, 11) is -2.52. The van der Waals surface area contributed by atoms with Crippen LogP contribution in [0.25, 0.3) is 10.9 Å². The minimum atomic E-state index is -4.02. The topological polar surface area (TPSA) is 65.4 Å². The normalized spacial score (nSPS) is 11.6. The molecule has 4 aromatic rings. The standard InChI is InChI=1S/C25H22ClNO4S/c1-3-17-6-11-21(12-7-17)32(29,30)24-16-27(15-18-4-8-19(26)9-5-18)23-13-10-20(31-2)14-22(23)25(24)28/h4-14,16H,3,15H2,1-2H3. The Morgan fingerprint density at radius 1 is 0.938 bits per heavy atom. The number of rotatable bonds is 6. The lowest BCUT2D eigenvalue weighted by atomic mass is 10.1. The van der Waals surface area contributed by atoms with Crippen molar-refractivity contribution in [3.8, 4) is 5.75 Å². The van der Waals surface area contributed by atoms with Crippen molar-refractivity contribution in [2.45, 2.75) is 29.7 Å². The number of nitrogens with zero attached hydrogens (tertiary/aromatic N) is 1. The van der Waals surface area contributed by atoms with E-state index in [9.17, 15) is 13.2 Å². The van der Waals surface area contributed by atoms with Crippen LogP contribution in [0, 0.1) is 0 Å². The van der Waals surface area contributed by atoms with E-state index in [0.717, 1.165) is 17.5 Å². The van der Waals surface area contributed by atoms with Gasteiger partial charge in [0.25, 0.3) is 0 Å². The molecule has 3 aromatic carbocycles. The number of aromatic nitrogens is 1. The number of pyridine rings is 1. The van der Waals surface area contributed by atoms with Crippen molar-refractivity contribution in [3.63, 3.8) is 0 Å². The molecule has 32 heavy (non-hydrogen) atoms. The van der Waals surface area contributed by atoms with Gasteiger partial charge in [0.2, 0.25) is 15.3 Å². The van der Waals surface area contributed by atoms with Crippen molar-refractivity contribution < 1.29 is 13.2 Å². The highest BCUT2D eigenvalue weighted by Gasteiger charge is 2.24. The predicted octanol–water partition coefficient (Wildman–Crippen LogP) is 5.11. The highest BCUT2D eigenvalue weighted by atomic mass is 35.5. The number of sulfone groups is 1. The average Bonchev–Trinajstić information content (AvgIpc) is 2.81. The molecule has 0 N–H and O–H groups in total. The zero-order valence-corrected chi connectivity index (χ0v) is 19.3. The van der Waals surface area contributed by atoms with Gasteiger partial charge in [-0.2, -0.15) is 0 Å². The zero-order valence-electron chi connectivity index (χ0n) is 17.7. The predicted molar refractivity (Wildman–Crippen MR) is 127 cm³/mol. The number of ether oxygens (including phenoxy) is 1. The number of hydrogen-bond donors (Lipinski definition) is 0. The third kappa shape index (κ3) is 4.16. The minimum absolute atomic E-state index is 0.0899. The Morgan fingerprint density at radius 2 is 1.59 bits per heavy atom. The Bertz CT molecular complexity index is 1440. The van der Waals surface area contributed by atoms with Crippen molar-refractivity contribution in [1.29, 1.82) is 0 Å². The van der Waals surface area contributed by atoms with Crippen LogP contribution in [0.5, 0.6) is 5.75 Å². The second-order valence-corrected chi connectivity index (χ2v) is 9.82. The molecule has 0 saturated heterocycles. The van der Waals surface area contributed by atoms with Gasteiger partial charge < -0.3 is 9.30 Å². The summed E-state index contributed by atoms with van der Waals surface area (Å²) in [5.74, 6) is 0.481. The molecule has 0 unspecified atom stereocenters. The molecule has 4 rings (SSSR count). The average molecular weight is 468 g/mol. The second kappa shape index (κ2) is 8.81. The molecular weight excluding hydrogens is 446 g/mol. The van der Waals surface area contributed by atoms with Gasteiger partial charge in [0, 0.05) is 17.8 Å². The van der Waals surface area contributed by atoms with Crippen LogP contribution in [0.15, 0.2) is 87.5 Å². The Morgan fingerprint density at radius 3 is 2.22 bits per heavy atom. The molecular formula is C25H22ClNO4S. The Kier molecular flexibility index (Phi) is 6.09. The first-order chi connectivity index (χ1) is 15.3. The van der Waals surface area contributed by atoms with E-state index in [1.165, 1.54) is 13.3 Å². The van der Waals surface area contributed by atoms with Crippen LogP contribution < -0.4 is 10.2 Å². The maximum Gasteiger partial charge on any atom is 0.211 e. The molecule has 1 aromatic heterocycles. The number of halogens is 1. The van der Waals surface area contributed by atoms with E-state index < -0.39 is 15.3 Å². The van der Waals surface area contributed by atoms with E-state index in [0.29, 0.717) is 22.8 Å². The lowest BCUT2D eigenvalue weighted by molar-refractivity contribution is 0.415. The van der Waals surface area contributed by atoms with Crippen molar-refractivity contribution in [2.24, 2.45) is 0 Å². The molecule has 0 radical (unpaired) electrons. The number of methoxy groups -OCH3 is 1. The SMILES string of the molecule is CCc1ccc(S(=O)(=O)c2cn(Cc3ccc(Cl)cc3)c3ccc(OC)cc3c2=O)cc1. The lowest BCUT2D eigenvalue weighted by Gasteiger charge is -2.15. The van der Waals surface area contributed by atoms with Gasteiger partial charge >= 0.3 is 0 Å². The summed E-state index contributed by atoms with van der Waals surface area (Å²) in [6.45, 7) is 2.37. The zero-order chi connectivity index (χ0) is 22.9. The van der Waals surface area contributed by atoms with Crippen LogP contribution in [0.2, 0.25) is 5.02 Å². The smallest absolute Gasteiger partial charge is 0.211 e. The highest BCUT2D eigenvalue weighted by molar-refractivity contribution is 7.91. The summed E-state index contributed by atoms with van der Waals surface area (Å²) in [5, 5.41) is 0.895. The molecule has 0 fully saturated rings. The number of hydrogen-bond acceptors (Lipinski definition) is 4. The number of benzene rings is 3. The molecule has 0 aliphatic carbocycles. The van der Waals surface area contributed by atoms with Gasteiger partial charge in [-0.1, -0.05) is 42.8 Å². The van der Waals surface area contributed by atoms with Crippen molar-refractivity contribution in [1.82, 2.24) is 4.57 Å². The fourth-order valence-corrected chi connectivity index (χ4v) is 5.11. The van der Waals surface area contributed by atoms with E-state index in [1.54, 1.807) is 59.2 Å². The van der Waals surface area contributed by atoms with E-state index in [1.807, 2.05) is 19.1 Å². The molecule has 1 heterocycles. The summed E-state index contributed by atoms with van der Waals surface area (Å²) in [5.41, 5.74) is 2.01.